The molecule has 0 spiro atoms. The maximum absolute atomic E-state index is 13.0. The Morgan fingerprint density at radius 1 is 1.42 bits per heavy atom. The largest absolute Gasteiger partial charge is 0.355 e. The molecule has 2 atom stereocenters. The van der Waals surface area contributed by atoms with Crippen LogP contribution in [0.5, 0.6) is 0 Å². The summed E-state index contributed by atoms with van der Waals surface area (Å²) in [5.41, 5.74) is 0.927. The number of nitrogens with one attached hydrogen (secondary N) is 2. The summed E-state index contributed by atoms with van der Waals surface area (Å²) in [4.78, 5) is 11.8. The second-order valence-corrected chi connectivity index (χ2v) is 5.42. The first kappa shape index (κ1) is 16.1. The van der Waals surface area contributed by atoms with E-state index in [1.165, 1.54) is 12.1 Å². The first-order valence-corrected chi connectivity index (χ1v) is 7.23. The lowest BCUT2D eigenvalue weighted by molar-refractivity contribution is -0.122. The quantitative estimate of drug-likeness (QED) is 0.841. The molecule has 0 saturated carbocycles. The lowest BCUT2D eigenvalue weighted by Crippen LogP contribution is -2.43. The zero-order valence-electron chi connectivity index (χ0n) is 11.5. The minimum atomic E-state index is -0.293. The van der Waals surface area contributed by atoms with Gasteiger partial charge in [0.15, 0.2) is 0 Å². The molecule has 5 heteroatoms. The van der Waals surface area contributed by atoms with Crippen LogP contribution < -0.4 is 10.6 Å². The van der Waals surface area contributed by atoms with Gasteiger partial charge in [0.2, 0.25) is 5.91 Å². The number of carbonyl (C=O) groups is 1. The number of rotatable bonds is 6. The van der Waals surface area contributed by atoms with Gasteiger partial charge in [0, 0.05) is 17.1 Å². The topological polar surface area (TPSA) is 41.1 Å². The number of benzene rings is 1. The first-order chi connectivity index (χ1) is 8.95. The van der Waals surface area contributed by atoms with E-state index in [2.05, 4.69) is 26.6 Å². The van der Waals surface area contributed by atoms with Gasteiger partial charge in [-0.1, -0.05) is 28.9 Å². The maximum Gasteiger partial charge on any atom is 0.236 e. The Bertz CT molecular complexity index is 439. The SMILES string of the molecule is CCCNC(=O)C(C)NC(C)c1ccc(F)cc1Br. The van der Waals surface area contributed by atoms with Crippen molar-refractivity contribution in [3.63, 3.8) is 0 Å². The van der Waals surface area contributed by atoms with E-state index in [0.717, 1.165) is 12.0 Å². The van der Waals surface area contributed by atoms with E-state index < -0.39 is 0 Å². The van der Waals surface area contributed by atoms with Gasteiger partial charge in [-0.25, -0.2) is 4.39 Å². The van der Waals surface area contributed by atoms with E-state index in [-0.39, 0.29) is 23.8 Å². The van der Waals surface area contributed by atoms with Crippen molar-refractivity contribution >= 4 is 21.8 Å². The predicted octanol–water partition coefficient (Wildman–Crippen LogP) is 3.15. The zero-order chi connectivity index (χ0) is 14.4. The van der Waals surface area contributed by atoms with Crippen molar-refractivity contribution < 1.29 is 9.18 Å². The number of hydrogen-bond donors (Lipinski definition) is 2. The molecule has 106 valence electrons. The molecule has 0 aliphatic heterocycles. The van der Waals surface area contributed by atoms with Crippen molar-refractivity contribution in [2.24, 2.45) is 0 Å². The molecular weight excluding hydrogens is 311 g/mol. The van der Waals surface area contributed by atoms with Crippen LogP contribution >= 0.6 is 15.9 Å². The summed E-state index contributed by atoms with van der Waals surface area (Å²) in [5.74, 6) is -0.302. The minimum absolute atomic E-state index is 0.0214. The molecule has 1 aromatic rings. The summed E-state index contributed by atoms with van der Waals surface area (Å²) in [5, 5.41) is 6.04. The normalized spacial score (nSPS) is 13.9. The second-order valence-electron chi connectivity index (χ2n) is 4.57. The van der Waals surface area contributed by atoms with Gasteiger partial charge in [0.1, 0.15) is 5.82 Å². The van der Waals surface area contributed by atoms with Crippen LogP contribution in [-0.2, 0) is 4.79 Å². The van der Waals surface area contributed by atoms with Crippen molar-refractivity contribution in [1.29, 1.82) is 0 Å². The van der Waals surface area contributed by atoms with Gasteiger partial charge < -0.3 is 5.32 Å². The Balaban J connectivity index is 2.63. The highest BCUT2D eigenvalue weighted by molar-refractivity contribution is 9.10. The Labute approximate surface area is 122 Å². The Morgan fingerprint density at radius 2 is 2.11 bits per heavy atom. The van der Waals surface area contributed by atoms with Crippen LogP contribution in [0.15, 0.2) is 22.7 Å². The van der Waals surface area contributed by atoms with Gasteiger partial charge in [0.05, 0.1) is 6.04 Å². The molecule has 0 radical (unpaired) electrons. The van der Waals surface area contributed by atoms with E-state index in [1.54, 1.807) is 6.07 Å². The van der Waals surface area contributed by atoms with Gasteiger partial charge in [-0.15, -0.1) is 0 Å². The Hall–Kier alpha value is -0.940. The van der Waals surface area contributed by atoms with Crippen LogP contribution in [0.25, 0.3) is 0 Å². The average molecular weight is 331 g/mol. The highest BCUT2D eigenvalue weighted by Crippen LogP contribution is 2.24. The third-order valence-corrected chi connectivity index (χ3v) is 3.56. The highest BCUT2D eigenvalue weighted by atomic mass is 79.9. The molecule has 19 heavy (non-hydrogen) atoms. The fourth-order valence-electron chi connectivity index (χ4n) is 1.79. The van der Waals surface area contributed by atoms with Crippen molar-refractivity contribution in [1.82, 2.24) is 10.6 Å². The van der Waals surface area contributed by atoms with Gasteiger partial charge >= 0.3 is 0 Å². The Kier molecular flexibility index (Phi) is 6.45. The van der Waals surface area contributed by atoms with Gasteiger partial charge in [0.25, 0.3) is 0 Å². The molecule has 2 N–H and O–H groups in total. The maximum atomic E-state index is 13.0. The molecule has 0 bridgehead atoms. The molecule has 0 aromatic heterocycles. The van der Waals surface area contributed by atoms with Crippen LogP contribution in [-0.4, -0.2) is 18.5 Å². The van der Waals surface area contributed by atoms with Crippen LogP contribution in [0.2, 0.25) is 0 Å². The predicted molar refractivity (Wildman–Crippen MR) is 78.4 cm³/mol. The monoisotopic (exact) mass is 330 g/mol. The summed E-state index contributed by atoms with van der Waals surface area (Å²) in [6.45, 7) is 6.45. The second kappa shape index (κ2) is 7.60. The fraction of sp³-hybridized carbons (Fsp3) is 0.500. The Morgan fingerprint density at radius 3 is 2.68 bits per heavy atom. The van der Waals surface area contributed by atoms with Crippen LogP contribution in [0.4, 0.5) is 4.39 Å². The van der Waals surface area contributed by atoms with E-state index >= 15 is 0 Å². The third-order valence-electron chi connectivity index (χ3n) is 2.87. The molecular formula is C14H20BrFN2O. The smallest absolute Gasteiger partial charge is 0.236 e. The fourth-order valence-corrected chi connectivity index (χ4v) is 2.49. The summed E-state index contributed by atoms with van der Waals surface area (Å²) in [6.07, 6.45) is 0.914. The van der Waals surface area contributed by atoms with Crippen LogP contribution in [0.3, 0.4) is 0 Å². The standard InChI is InChI=1S/C14H20BrFN2O/c1-4-7-17-14(19)10(3)18-9(2)12-6-5-11(16)8-13(12)15/h5-6,8-10,18H,4,7H2,1-3H3,(H,17,19). The van der Waals surface area contributed by atoms with E-state index in [1.807, 2.05) is 20.8 Å². The number of amides is 1. The lowest BCUT2D eigenvalue weighted by atomic mass is 10.1. The molecule has 1 rings (SSSR count). The molecule has 0 fully saturated rings. The molecule has 1 amide bonds. The molecule has 1 aromatic carbocycles. The van der Waals surface area contributed by atoms with Crippen molar-refractivity contribution in [2.45, 2.75) is 39.3 Å². The van der Waals surface area contributed by atoms with Crippen molar-refractivity contribution in [3.05, 3.63) is 34.1 Å². The molecule has 3 nitrogen and oxygen atoms in total. The summed E-state index contributed by atoms with van der Waals surface area (Å²) in [7, 11) is 0. The molecule has 0 aliphatic carbocycles. The average Bonchev–Trinajstić information content (AvgIpc) is 2.35. The summed E-state index contributed by atoms with van der Waals surface area (Å²) >= 11 is 3.34. The van der Waals surface area contributed by atoms with E-state index in [9.17, 15) is 9.18 Å². The summed E-state index contributed by atoms with van der Waals surface area (Å²) < 4.78 is 13.7. The number of carbonyl (C=O) groups excluding carboxylic acids is 1. The van der Waals surface area contributed by atoms with E-state index in [4.69, 9.17) is 0 Å². The minimum Gasteiger partial charge on any atom is -0.355 e. The lowest BCUT2D eigenvalue weighted by Gasteiger charge is -2.21. The van der Waals surface area contributed by atoms with Crippen LogP contribution in [0, 0.1) is 5.82 Å². The van der Waals surface area contributed by atoms with Gasteiger partial charge in [-0.3, -0.25) is 10.1 Å². The van der Waals surface area contributed by atoms with Gasteiger partial charge in [-0.2, -0.15) is 0 Å². The van der Waals surface area contributed by atoms with Crippen molar-refractivity contribution in [2.75, 3.05) is 6.54 Å². The zero-order valence-corrected chi connectivity index (χ0v) is 13.1. The third kappa shape index (κ3) is 4.91. The van der Waals surface area contributed by atoms with Crippen LogP contribution in [0.1, 0.15) is 38.8 Å². The molecule has 0 heterocycles. The van der Waals surface area contributed by atoms with E-state index in [0.29, 0.717) is 11.0 Å². The van der Waals surface area contributed by atoms with Crippen molar-refractivity contribution in [3.8, 4) is 0 Å². The number of halogens is 2. The molecule has 0 aliphatic rings. The highest BCUT2D eigenvalue weighted by Gasteiger charge is 2.17. The summed E-state index contributed by atoms with van der Waals surface area (Å²) in [6, 6.07) is 4.22. The van der Waals surface area contributed by atoms with Gasteiger partial charge in [-0.05, 0) is 38.0 Å². The first-order valence-electron chi connectivity index (χ1n) is 6.44. The number of hydrogen-bond acceptors (Lipinski definition) is 2. The molecule has 0 saturated heterocycles. The molecule has 2 unspecified atom stereocenters.